The van der Waals surface area contributed by atoms with Crippen LogP contribution in [0.1, 0.15) is 31.7 Å². The van der Waals surface area contributed by atoms with Gasteiger partial charge in [-0.25, -0.2) is 4.39 Å². The van der Waals surface area contributed by atoms with Crippen LogP contribution in [0, 0.1) is 11.9 Å². The molecule has 2 heteroatoms. The molecule has 0 bridgehead atoms. The Balaban J connectivity index is 0.00000180. The Labute approximate surface area is 127 Å². The van der Waals surface area contributed by atoms with Crippen molar-refractivity contribution in [3.05, 3.63) is 59.9 Å². The first-order valence-electron chi connectivity index (χ1n) is 6.56. The first-order valence-corrected chi connectivity index (χ1v) is 6.56. The van der Waals surface area contributed by atoms with E-state index in [2.05, 4.69) is 37.3 Å². The fourth-order valence-electron chi connectivity index (χ4n) is 2.06. The van der Waals surface area contributed by atoms with Crippen molar-refractivity contribution in [1.82, 2.24) is 0 Å². The molecule has 0 aliphatic heterocycles. The van der Waals surface area contributed by atoms with E-state index in [9.17, 15) is 4.39 Å². The molecule has 0 unspecified atom stereocenters. The average Bonchev–Trinajstić information content (AvgIpc) is 2.40. The van der Waals surface area contributed by atoms with E-state index in [1.807, 2.05) is 6.07 Å². The summed E-state index contributed by atoms with van der Waals surface area (Å²) in [5.41, 5.74) is 3.32. The van der Waals surface area contributed by atoms with E-state index < -0.39 is 0 Å². The van der Waals surface area contributed by atoms with Gasteiger partial charge in [-0.05, 0) is 24.0 Å². The number of aryl methyl sites for hydroxylation is 1. The average molecular weight is 248 g/mol. The Hall–Kier alpha value is -1.03. The van der Waals surface area contributed by atoms with Crippen molar-refractivity contribution in [2.45, 2.75) is 32.6 Å². The zero-order valence-corrected chi connectivity index (χ0v) is 11.7. The molecular formula is C17H18FLi. The Morgan fingerprint density at radius 3 is 2.37 bits per heavy atom. The SMILES string of the molecule is CCCCCc1ccc(-c2cc[c-]c(F)c2)cc1.[Li+]. The molecule has 19 heavy (non-hydrogen) atoms. The molecule has 0 fully saturated rings. The third kappa shape index (κ3) is 4.86. The van der Waals surface area contributed by atoms with Crippen molar-refractivity contribution >= 4 is 0 Å². The number of benzene rings is 2. The predicted molar refractivity (Wildman–Crippen MR) is 73.9 cm³/mol. The van der Waals surface area contributed by atoms with E-state index >= 15 is 0 Å². The second-order valence-corrected chi connectivity index (χ2v) is 4.58. The summed E-state index contributed by atoms with van der Waals surface area (Å²) in [7, 11) is 0. The number of hydrogen-bond donors (Lipinski definition) is 0. The first-order chi connectivity index (χ1) is 8.79. The molecule has 94 valence electrons. The summed E-state index contributed by atoms with van der Waals surface area (Å²) < 4.78 is 13.1. The van der Waals surface area contributed by atoms with Crippen LogP contribution >= 0.6 is 0 Å². The maximum atomic E-state index is 13.1. The third-order valence-corrected chi connectivity index (χ3v) is 3.12. The van der Waals surface area contributed by atoms with Crippen LogP contribution in [0.25, 0.3) is 11.1 Å². The van der Waals surface area contributed by atoms with E-state index in [0.717, 1.165) is 17.5 Å². The summed E-state index contributed by atoms with van der Waals surface area (Å²) in [5.74, 6) is -0.306. The van der Waals surface area contributed by atoms with Gasteiger partial charge in [0.2, 0.25) is 0 Å². The molecule has 0 aliphatic carbocycles. The second kappa shape index (κ2) is 8.20. The van der Waals surface area contributed by atoms with Crippen LogP contribution in [0.5, 0.6) is 0 Å². The summed E-state index contributed by atoms with van der Waals surface area (Å²) >= 11 is 0. The van der Waals surface area contributed by atoms with Gasteiger partial charge in [0, 0.05) is 5.82 Å². The molecule has 0 aliphatic rings. The molecule has 0 radical (unpaired) electrons. The fourth-order valence-corrected chi connectivity index (χ4v) is 2.06. The van der Waals surface area contributed by atoms with Crippen LogP contribution in [0.3, 0.4) is 0 Å². The van der Waals surface area contributed by atoms with Gasteiger partial charge >= 0.3 is 18.9 Å². The maximum Gasteiger partial charge on any atom is 1.00 e. The predicted octanol–water partition coefficient (Wildman–Crippen LogP) is 2.03. The third-order valence-electron chi connectivity index (χ3n) is 3.12. The van der Waals surface area contributed by atoms with Gasteiger partial charge in [-0.15, -0.1) is 17.7 Å². The molecule has 0 nitrogen and oxygen atoms in total. The van der Waals surface area contributed by atoms with Gasteiger partial charge in [-0.3, -0.25) is 0 Å². The monoisotopic (exact) mass is 248 g/mol. The van der Waals surface area contributed by atoms with E-state index in [-0.39, 0.29) is 24.7 Å². The molecule has 0 aromatic heterocycles. The molecule has 0 atom stereocenters. The smallest absolute Gasteiger partial charge is 0.236 e. The molecule has 2 aromatic rings. The van der Waals surface area contributed by atoms with Crippen molar-refractivity contribution < 1.29 is 23.3 Å². The Morgan fingerprint density at radius 2 is 1.74 bits per heavy atom. The normalized spacial score (nSPS) is 10.0. The van der Waals surface area contributed by atoms with Crippen molar-refractivity contribution in [3.8, 4) is 11.1 Å². The van der Waals surface area contributed by atoms with Crippen LogP contribution in [-0.2, 0) is 6.42 Å². The van der Waals surface area contributed by atoms with E-state index in [0.29, 0.717) is 0 Å². The van der Waals surface area contributed by atoms with Gasteiger partial charge in [0.1, 0.15) is 0 Å². The molecule has 0 amide bonds. The summed E-state index contributed by atoms with van der Waals surface area (Å²) in [4.78, 5) is 0. The zero-order valence-electron chi connectivity index (χ0n) is 11.7. The van der Waals surface area contributed by atoms with Gasteiger partial charge in [0.05, 0.1) is 0 Å². The molecule has 0 saturated carbocycles. The molecular weight excluding hydrogens is 230 g/mol. The Bertz CT molecular complexity index is 491. The summed E-state index contributed by atoms with van der Waals surface area (Å²) in [6.07, 6.45) is 4.90. The van der Waals surface area contributed by atoms with Crippen LogP contribution in [0.2, 0.25) is 0 Å². The molecule has 2 rings (SSSR count). The quantitative estimate of drug-likeness (QED) is 0.431. The standard InChI is InChI=1S/C17H18F.Li/c1-2-3-4-6-14-9-11-15(12-10-14)16-7-5-8-17(18)13-16;/h5,7,9-13H,2-4,6H2,1H3;/q-1;+1. The van der Waals surface area contributed by atoms with Crippen LogP contribution < -0.4 is 18.9 Å². The van der Waals surface area contributed by atoms with Gasteiger partial charge in [-0.1, -0.05) is 44.0 Å². The van der Waals surface area contributed by atoms with Crippen LogP contribution in [0.4, 0.5) is 4.39 Å². The van der Waals surface area contributed by atoms with Crippen LogP contribution in [0.15, 0.2) is 42.5 Å². The van der Waals surface area contributed by atoms with Gasteiger partial charge in [0.25, 0.3) is 0 Å². The minimum atomic E-state index is -0.306. The maximum absolute atomic E-state index is 13.1. The molecule has 0 heterocycles. The number of hydrogen-bond acceptors (Lipinski definition) is 0. The van der Waals surface area contributed by atoms with Gasteiger partial charge in [0.15, 0.2) is 0 Å². The summed E-state index contributed by atoms with van der Waals surface area (Å²) in [6, 6.07) is 16.0. The Morgan fingerprint density at radius 1 is 1.00 bits per heavy atom. The number of halogens is 1. The van der Waals surface area contributed by atoms with Gasteiger partial charge in [-0.2, -0.15) is 12.1 Å². The van der Waals surface area contributed by atoms with E-state index in [1.165, 1.54) is 30.9 Å². The minimum absolute atomic E-state index is 0. The van der Waals surface area contributed by atoms with E-state index in [1.54, 1.807) is 6.07 Å². The van der Waals surface area contributed by atoms with Crippen molar-refractivity contribution in [2.75, 3.05) is 0 Å². The van der Waals surface area contributed by atoms with Crippen LogP contribution in [-0.4, -0.2) is 0 Å². The molecule has 0 saturated heterocycles. The number of rotatable bonds is 5. The van der Waals surface area contributed by atoms with Crippen molar-refractivity contribution in [3.63, 3.8) is 0 Å². The fraction of sp³-hybridized carbons (Fsp3) is 0.294. The summed E-state index contributed by atoms with van der Waals surface area (Å²) in [6.45, 7) is 2.21. The topological polar surface area (TPSA) is 0 Å². The van der Waals surface area contributed by atoms with Gasteiger partial charge < -0.3 is 0 Å². The summed E-state index contributed by atoms with van der Waals surface area (Å²) in [5, 5.41) is 0. The molecule has 0 spiro atoms. The molecule has 0 N–H and O–H groups in total. The largest absolute Gasteiger partial charge is 1.00 e. The number of unbranched alkanes of at least 4 members (excludes halogenated alkanes) is 2. The van der Waals surface area contributed by atoms with Crippen molar-refractivity contribution in [1.29, 1.82) is 0 Å². The second-order valence-electron chi connectivity index (χ2n) is 4.58. The van der Waals surface area contributed by atoms with E-state index in [4.69, 9.17) is 0 Å². The zero-order chi connectivity index (χ0) is 12.8. The van der Waals surface area contributed by atoms with Crippen molar-refractivity contribution in [2.24, 2.45) is 0 Å². The Kier molecular flexibility index (Phi) is 6.92. The first kappa shape index (κ1) is 16.0. The minimum Gasteiger partial charge on any atom is -0.236 e. The molecule has 2 aromatic carbocycles.